The van der Waals surface area contributed by atoms with Gasteiger partial charge in [-0.3, -0.25) is 4.79 Å². The molecule has 28 heavy (non-hydrogen) atoms. The molecule has 2 aromatic carbocycles. The first-order valence-electron chi connectivity index (χ1n) is 10.1. The summed E-state index contributed by atoms with van der Waals surface area (Å²) in [6.07, 6.45) is 3.48. The van der Waals surface area contributed by atoms with Crippen LogP contribution in [0.2, 0.25) is 0 Å². The van der Waals surface area contributed by atoms with Crippen molar-refractivity contribution < 1.29 is 4.79 Å². The van der Waals surface area contributed by atoms with Crippen LogP contribution >= 0.6 is 0 Å². The number of rotatable bonds is 3. The van der Waals surface area contributed by atoms with E-state index in [1.165, 1.54) is 18.4 Å². The molecule has 5 nitrogen and oxygen atoms in total. The summed E-state index contributed by atoms with van der Waals surface area (Å²) in [6, 6.07) is 20.8. The Bertz CT molecular complexity index is 982. The summed E-state index contributed by atoms with van der Waals surface area (Å²) in [7, 11) is 0. The van der Waals surface area contributed by atoms with Crippen molar-refractivity contribution in [3.8, 4) is 5.69 Å². The molecule has 1 saturated carbocycles. The van der Waals surface area contributed by atoms with Crippen molar-refractivity contribution in [2.45, 2.75) is 38.1 Å². The van der Waals surface area contributed by atoms with Crippen LogP contribution in [0.5, 0.6) is 0 Å². The van der Waals surface area contributed by atoms with Crippen molar-refractivity contribution in [2.24, 2.45) is 5.92 Å². The SMILES string of the molecule is Cc1c(C(=O)N2CC(c3ccccc3)C3CCCC32)nnn1-c1ccccc1. The summed E-state index contributed by atoms with van der Waals surface area (Å²) in [5.74, 6) is 0.993. The smallest absolute Gasteiger partial charge is 0.276 e. The lowest BCUT2D eigenvalue weighted by Crippen LogP contribution is -2.36. The Balaban J connectivity index is 1.45. The van der Waals surface area contributed by atoms with Crippen molar-refractivity contribution in [1.29, 1.82) is 0 Å². The summed E-state index contributed by atoms with van der Waals surface area (Å²) in [5.41, 5.74) is 3.55. The van der Waals surface area contributed by atoms with Crippen molar-refractivity contribution in [3.63, 3.8) is 0 Å². The Morgan fingerprint density at radius 3 is 2.46 bits per heavy atom. The average Bonchev–Trinajstić information content (AvgIpc) is 3.44. The lowest BCUT2D eigenvalue weighted by atomic mass is 9.87. The van der Waals surface area contributed by atoms with E-state index in [2.05, 4.69) is 45.5 Å². The van der Waals surface area contributed by atoms with Gasteiger partial charge < -0.3 is 4.90 Å². The highest BCUT2D eigenvalue weighted by Gasteiger charge is 2.47. The highest BCUT2D eigenvalue weighted by atomic mass is 16.2. The molecule has 0 bridgehead atoms. The van der Waals surface area contributed by atoms with Gasteiger partial charge in [0.25, 0.3) is 5.91 Å². The number of nitrogens with zero attached hydrogens (tertiary/aromatic N) is 4. The van der Waals surface area contributed by atoms with Gasteiger partial charge >= 0.3 is 0 Å². The summed E-state index contributed by atoms with van der Waals surface area (Å²) in [5, 5.41) is 8.53. The minimum absolute atomic E-state index is 0.0232. The van der Waals surface area contributed by atoms with E-state index >= 15 is 0 Å². The molecular weight excluding hydrogens is 348 g/mol. The molecule has 142 valence electrons. The molecule has 0 spiro atoms. The summed E-state index contributed by atoms with van der Waals surface area (Å²) < 4.78 is 1.75. The standard InChI is InChI=1S/C23H24N4O/c1-16-22(24-25-27(16)18-11-6-3-7-12-18)23(28)26-15-20(17-9-4-2-5-10-17)19-13-8-14-21(19)26/h2-7,9-12,19-21H,8,13-15H2,1H3. The van der Waals surface area contributed by atoms with E-state index in [4.69, 9.17) is 0 Å². The first kappa shape index (κ1) is 17.2. The molecule has 3 unspecified atom stereocenters. The van der Waals surface area contributed by atoms with Gasteiger partial charge in [0.2, 0.25) is 0 Å². The van der Waals surface area contributed by atoms with Gasteiger partial charge in [-0.15, -0.1) is 5.10 Å². The first-order valence-corrected chi connectivity index (χ1v) is 10.1. The van der Waals surface area contributed by atoms with E-state index in [0.29, 0.717) is 23.6 Å². The van der Waals surface area contributed by atoms with E-state index in [-0.39, 0.29) is 5.91 Å². The van der Waals surface area contributed by atoms with E-state index in [1.807, 2.05) is 37.3 Å². The van der Waals surface area contributed by atoms with Crippen LogP contribution in [-0.2, 0) is 0 Å². The second-order valence-electron chi connectivity index (χ2n) is 7.91. The van der Waals surface area contributed by atoms with Gasteiger partial charge in [-0.25, -0.2) is 4.68 Å². The molecule has 1 aliphatic carbocycles. The molecular formula is C23H24N4O. The molecule has 1 aliphatic heterocycles. The molecule has 3 aromatic rings. The van der Waals surface area contributed by atoms with Crippen LogP contribution in [-0.4, -0.2) is 38.4 Å². The molecule has 1 amide bonds. The minimum atomic E-state index is 0.0232. The van der Waals surface area contributed by atoms with Gasteiger partial charge in [0.05, 0.1) is 11.4 Å². The highest BCUT2D eigenvalue weighted by Crippen LogP contribution is 2.46. The Labute approximate surface area is 165 Å². The Kier molecular flexibility index (Phi) is 4.23. The number of hydrogen-bond donors (Lipinski definition) is 0. The van der Waals surface area contributed by atoms with Crippen molar-refractivity contribution in [3.05, 3.63) is 77.6 Å². The number of para-hydroxylation sites is 1. The molecule has 1 aromatic heterocycles. The van der Waals surface area contributed by atoms with Crippen LogP contribution in [0.15, 0.2) is 60.7 Å². The number of likely N-dealkylation sites (tertiary alicyclic amines) is 1. The van der Waals surface area contributed by atoms with Crippen LogP contribution in [0.1, 0.15) is 46.9 Å². The normalized spacial score (nSPS) is 23.8. The molecule has 2 fully saturated rings. The number of carbonyl (C=O) groups excluding carboxylic acids is 1. The van der Waals surface area contributed by atoms with Crippen molar-refractivity contribution in [1.82, 2.24) is 19.9 Å². The molecule has 5 heteroatoms. The van der Waals surface area contributed by atoms with Gasteiger partial charge in [-0.2, -0.15) is 0 Å². The van der Waals surface area contributed by atoms with Gasteiger partial charge in [-0.1, -0.05) is 60.2 Å². The monoisotopic (exact) mass is 372 g/mol. The second kappa shape index (κ2) is 6.89. The van der Waals surface area contributed by atoms with Gasteiger partial charge in [0.15, 0.2) is 5.69 Å². The van der Waals surface area contributed by atoms with Crippen LogP contribution in [0.25, 0.3) is 5.69 Å². The maximum atomic E-state index is 13.4. The van der Waals surface area contributed by atoms with Crippen molar-refractivity contribution in [2.75, 3.05) is 6.54 Å². The third-order valence-electron chi connectivity index (χ3n) is 6.43. The average molecular weight is 372 g/mol. The Morgan fingerprint density at radius 1 is 1.00 bits per heavy atom. The third kappa shape index (κ3) is 2.73. The summed E-state index contributed by atoms with van der Waals surface area (Å²) in [4.78, 5) is 15.5. The largest absolute Gasteiger partial charge is 0.333 e. The number of benzene rings is 2. The molecule has 0 radical (unpaired) electrons. The van der Waals surface area contributed by atoms with Crippen molar-refractivity contribution >= 4 is 5.91 Å². The van der Waals surface area contributed by atoms with Gasteiger partial charge in [0.1, 0.15) is 0 Å². The Morgan fingerprint density at radius 2 is 1.71 bits per heavy atom. The molecule has 2 heterocycles. The quantitative estimate of drug-likeness (QED) is 0.699. The molecule has 3 atom stereocenters. The maximum Gasteiger partial charge on any atom is 0.276 e. The summed E-state index contributed by atoms with van der Waals surface area (Å²) >= 11 is 0. The highest BCUT2D eigenvalue weighted by molar-refractivity contribution is 5.94. The van der Waals surface area contributed by atoms with Crippen LogP contribution in [0.3, 0.4) is 0 Å². The maximum absolute atomic E-state index is 13.4. The van der Waals surface area contributed by atoms with E-state index in [0.717, 1.165) is 24.3 Å². The fourth-order valence-electron chi connectivity index (χ4n) is 5.07. The zero-order valence-corrected chi connectivity index (χ0v) is 16.0. The Hall–Kier alpha value is -2.95. The van der Waals surface area contributed by atoms with E-state index in [9.17, 15) is 4.79 Å². The number of aromatic nitrogens is 3. The predicted molar refractivity (Wildman–Crippen MR) is 107 cm³/mol. The molecule has 1 saturated heterocycles. The minimum Gasteiger partial charge on any atom is -0.333 e. The number of amides is 1. The van der Waals surface area contributed by atoms with E-state index < -0.39 is 0 Å². The predicted octanol–water partition coefficient (Wildman–Crippen LogP) is 3.98. The molecule has 2 aliphatic rings. The number of carbonyl (C=O) groups is 1. The van der Waals surface area contributed by atoms with Crippen LogP contribution < -0.4 is 0 Å². The summed E-state index contributed by atoms with van der Waals surface area (Å²) in [6.45, 7) is 2.70. The molecule has 5 rings (SSSR count). The van der Waals surface area contributed by atoms with Gasteiger partial charge in [0, 0.05) is 18.5 Å². The fraction of sp³-hybridized carbons (Fsp3) is 0.348. The lowest BCUT2D eigenvalue weighted by Gasteiger charge is -2.22. The fourth-order valence-corrected chi connectivity index (χ4v) is 5.07. The number of hydrogen-bond acceptors (Lipinski definition) is 3. The zero-order valence-electron chi connectivity index (χ0n) is 16.0. The zero-order chi connectivity index (χ0) is 19.1. The van der Waals surface area contributed by atoms with Crippen LogP contribution in [0, 0.1) is 12.8 Å². The first-order chi connectivity index (χ1) is 13.7. The third-order valence-corrected chi connectivity index (χ3v) is 6.43. The van der Waals surface area contributed by atoms with Gasteiger partial charge in [-0.05, 0) is 43.4 Å². The lowest BCUT2D eigenvalue weighted by molar-refractivity contribution is 0.0721. The second-order valence-corrected chi connectivity index (χ2v) is 7.91. The number of fused-ring (bicyclic) bond motifs is 1. The van der Waals surface area contributed by atoms with Crippen LogP contribution in [0.4, 0.5) is 0 Å². The molecule has 0 N–H and O–H groups in total. The topological polar surface area (TPSA) is 51.0 Å². The van der Waals surface area contributed by atoms with E-state index in [1.54, 1.807) is 4.68 Å².